The van der Waals surface area contributed by atoms with Gasteiger partial charge in [-0.2, -0.15) is 4.98 Å². The molecular weight excluding hydrogens is 530 g/mol. The molecule has 1 aliphatic carbocycles. The molecule has 0 atom stereocenters. The lowest BCUT2D eigenvalue weighted by Crippen LogP contribution is -2.33. The molecule has 2 aromatic heterocycles. The average Bonchev–Trinajstić information content (AvgIpc) is 3.00. The summed E-state index contributed by atoms with van der Waals surface area (Å²) >= 11 is 0. The second-order valence-corrected chi connectivity index (χ2v) is 11.4. The fraction of sp³-hybridized carbons (Fsp3) is 0.353. The molecule has 0 N–H and O–H groups in total. The van der Waals surface area contributed by atoms with E-state index in [1.165, 1.54) is 0 Å². The summed E-state index contributed by atoms with van der Waals surface area (Å²) in [7, 11) is 0. The number of nitrogens with zero attached hydrogens (tertiary/aromatic N) is 3. The van der Waals surface area contributed by atoms with Crippen molar-refractivity contribution in [3.05, 3.63) is 96.3 Å². The van der Waals surface area contributed by atoms with Gasteiger partial charge in [-0.05, 0) is 63.6 Å². The monoisotopic (exact) mass is 567 g/mol. The molecule has 1 fully saturated rings. The first-order valence-electron chi connectivity index (χ1n) is 14.4. The van der Waals surface area contributed by atoms with Crippen molar-refractivity contribution in [2.24, 2.45) is 5.92 Å². The number of aromatic nitrogens is 3. The summed E-state index contributed by atoms with van der Waals surface area (Å²) in [6.45, 7) is 6.44. The first kappa shape index (κ1) is 29.0. The third kappa shape index (κ3) is 8.28. The van der Waals surface area contributed by atoms with Gasteiger partial charge in [0.15, 0.2) is 0 Å². The Morgan fingerprint density at radius 2 is 1.38 bits per heavy atom. The minimum atomic E-state index is -0.475. The Morgan fingerprint density at radius 1 is 0.786 bits per heavy atom. The molecule has 0 amide bonds. The van der Waals surface area contributed by atoms with Gasteiger partial charge in [-0.1, -0.05) is 60.7 Å². The molecule has 0 aliphatic heterocycles. The predicted molar refractivity (Wildman–Crippen MR) is 159 cm³/mol. The van der Waals surface area contributed by atoms with E-state index in [1.54, 1.807) is 12.4 Å². The standard InChI is InChI=1S/C34H37N3O5/c1-34(2,3)42-32(38)26-14-16-28(17-15-26)41-33-35-20-27(21-36-33)29-18-19-30(39-22-24-10-6-4-7-11-24)37-31(29)40-23-25-12-8-5-9-13-25/h4-13,18-21,26,28H,14-17,22-23H2,1-3H3. The summed E-state index contributed by atoms with van der Waals surface area (Å²) in [6.07, 6.45) is 6.34. The van der Waals surface area contributed by atoms with Crippen LogP contribution in [0.2, 0.25) is 0 Å². The highest BCUT2D eigenvalue weighted by molar-refractivity contribution is 5.73. The number of carbonyl (C=O) groups is 1. The normalized spacial score (nSPS) is 16.8. The van der Waals surface area contributed by atoms with E-state index in [4.69, 9.17) is 18.9 Å². The molecule has 5 rings (SSSR count). The Balaban J connectivity index is 1.24. The van der Waals surface area contributed by atoms with Crippen LogP contribution < -0.4 is 14.2 Å². The van der Waals surface area contributed by atoms with Crippen molar-refractivity contribution in [1.82, 2.24) is 15.0 Å². The highest BCUT2D eigenvalue weighted by Crippen LogP contribution is 2.32. The van der Waals surface area contributed by atoms with E-state index in [2.05, 4.69) is 15.0 Å². The lowest BCUT2D eigenvalue weighted by atomic mass is 9.87. The zero-order valence-electron chi connectivity index (χ0n) is 24.4. The molecule has 2 aromatic carbocycles. The maximum absolute atomic E-state index is 12.4. The van der Waals surface area contributed by atoms with Crippen molar-refractivity contribution in [1.29, 1.82) is 0 Å². The van der Waals surface area contributed by atoms with Crippen LogP contribution in [0.4, 0.5) is 0 Å². The van der Waals surface area contributed by atoms with Crippen molar-refractivity contribution < 1.29 is 23.7 Å². The molecule has 8 nitrogen and oxygen atoms in total. The first-order chi connectivity index (χ1) is 20.3. The van der Waals surface area contributed by atoms with E-state index in [0.717, 1.165) is 47.9 Å². The van der Waals surface area contributed by atoms with Gasteiger partial charge in [0.2, 0.25) is 11.8 Å². The molecule has 0 saturated heterocycles. The number of esters is 1. The van der Waals surface area contributed by atoms with Crippen molar-refractivity contribution in [2.75, 3.05) is 0 Å². The van der Waals surface area contributed by atoms with E-state index >= 15 is 0 Å². The molecule has 8 heteroatoms. The van der Waals surface area contributed by atoms with Gasteiger partial charge in [0.25, 0.3) is 0 Å². The Hall–Kier alpha value is -4.46. The van der Waals surface area contributed by atoms with Gasteiger partial charge >= 0.3 is 12.0 Å². The number of carbonyl (C=O) groups excluding carboxylic acids is 1. The van der Waals surface area contributed by atoms with Gasteiger partial charge in [0, 0.05) is 29.6 Å². The van der Waals surface area contributed by atoms with Gasteiger partial charge in [0.05, 0.1) is 5.92 Å². The molecule has 0 unspecified atom stereocenters. The third-order valence-electron chi connectivity index (χ3n) is 6.91. The fourth-order valence-corrected chi connectivity index (χ4v) is 4.76. The van der Waals surface area contributed by atoms with E-state index in [9.17, 15) is 4.79 Å². The smallest absolute Gasteiger partial charge is 0.316 e. The minimum Gasteiger partial charge on any atom is -0.473 e. The molecule has 1 saturated carbocycles. The average molecular weight is 568 g/mol. The van der Waals surface area contributed by atoms with Crippen LogP contribution >= 0.6 is 0 Å². The predicted octanol–water partition coefficient (Wildman–Crippen LogP) is 6.98. The second kappa shape index (κ2) is 13.5. The van der Waals surface area contributed by atoms with Crippen LogP contribution in [0.1, 0.15) is 57.6 Å². The van der Waals surface area contributed by atoms with Crippen LogP contribution in [0.15, 0.2) is 85.2 Å². The number of hydrogen-bond donors (Lipinski definition) is 0. The highest BCUT2D eigenvalue weighted by Gasteiger charge is 2.31. The lowest BCUT2D eigenvalue weighted by molar-refractivity contribution is -0.161. The molecule has 0 bridgehead atoms. The molecule has 0 spiro atoms. The topological polar surface area (TPSA) is 92.7 Å². The Morgan fingerprint density at radius 3 is 1.98 bits per heavy atom. The third-order valence-corrected chi connectivity index (χ3v) is 6.91. The van der Waals surface area contributed by atoms with Crippen molar-refractivity contribution in [2.45, 2.75) is 71.4 Å². The van der Waals surface area contributed by atoms with Gasteiger partial charge in [-0.15, -0.1) is 0 Å². The molecule has 42 heavy (non-hydrogen) atoms. The van der Waals surface area contributed by atoms with Crippen LogP contribution in [-0.2, 0) is 22.7 Å². The van der Waals surface area contributed by atoms with E-state index < -0.39 is 5.60 Å². The van der Waals surface area contributed by atoms with Crippen molar-refractivity contribution >= 4 is 5.97 Å². The summed E-state index contributed by atoms with van der Waals surface area (Å²) in [6, 6.07) is 23.9. The number of benzene rings is 2. The fourth-order valence-electron chi connectivity index (χ4n) is 4.76. The van der Waals surface area contributed by atoms with Crippen LogP contribution in [0.3, 0.4) is 0 Å². The summed E-state index contributed by atoms with van der Waals surface area (Å²) < 4.78 is 23.7. The number of pyridine rings is 1. The highest BCUT2D eigenvalue weighted by atomic mass is 16.6. The van der Waals surface area contributed by atoms with E-state index in [1.807, 2.05) is 93.6 Å². The summed E-state index contributed by atoms with van der Waals surface area (Å²) in [5.74, 6) is 0.682. The molecule has 4 aromatic rings. The van der Waals surface area contributed by atoms with Crippen molar-refractivity contribution in [3.8, 4) is 28.9 Å². The quantitative estimate of drug-likeness (QED) is 0.190. The van der Waals surface area contributed by atoms with Crippen LogP contribution in [0.25, 0.3) is 11.1 Å². The minimum absolute atomic E-state index is 0.0398. The largest absolute Gasteiger partial charge is 0.473 e. The molecule has 1 aliphatic rings. The first-order valence-corrected chi connectivity index (χ1v) is 14.4. The number of ether oxygens (including phenoxy) is 4. The van der Waals surface area contributed by atoms with Crippen LogP contribution in [0.5, 0.6) is 17.8 Å². The van der Waals surface area contributed by atoms with E-state index in [0.29, 0.717) is 31.0 Å². The second-order valence-electron chi connectivity index (χ2n) is 11.4. The Kier molecular flexibility index (Phi) is 9.31. The zero-order valence-corrected chi connectivity index (χ0v) is 24.4. The molecule has 218 valence electrons. The van der Waals surface area contributed by atoms with Gasteiger partial charge in [0.1, 0.15) is 24.9 Å². The maximum atomic E-state index is 12.4. The summed E-state index contributed by atoms with van der Waals surface area (Å²) in [4.78, 5) is 26.0. The molecular formula is C34H37N3O5. The summed E-state index contributed by atoms with van der Waals surface area (Å²) in [5, 5.41) is 0. The van der Waals surface area contributed by atoms with Crippen LogP contribution in [0, 0.1) is 5.92 Å². The maximum Gasteiger partial charge on any atom is 0.316 e. The lowest BCUT2D eigenvalue weighted by Gasteiger charge is -2.29. The van der Waals surface area contributed by atoms with Gasteiger partial charge in [-0.3, -0.25) is 4.79 Å². The summed E-state index contributed by atoms with van der Waals surface area (Å²) in [5.41, 5.74) is 3.11. The van der Waals surface area contributed by atoms with E-state index in [-0.39, 0.29) is 18.0 Å². The number of rotatable bonds is 10. The van der Waals surface area contributed by atoms with Crippen molar-refractivity contribution in [3.63, 3.8) is 0 Å². The molecule has 2 heterocycles. The molecule has 0 radical (unpaired) electrons. The van der Waals surface area contributed by atoms with Gasteiger partial charge in [-0.25, -0.2) is 9.97 Å². The van der Waals surface area contributed by atoms with Crippen LogP contribution in [-0.4, -0.2) is 32.6 Å². The van der Waals surface area contributed by atoms with Gasteiger partial charge < -0.3 is 18.9 Å². The zero-order chi connectivity index (χ0) is 29.4. The number of hydrogen-bond acceptors (Lipinski definition) is 8. The Labute approximate surface area is 247 Å². The Bertz CT molecular complexity index is 1430. The SMILES string of the molecule is CC(C)(C)OC(=O)C1CCC(Oc2ncc(-c3ccc(OCc4ccccc4)nc3OCc3ccccc3)cn2)CC1.